The molecule has 0 N–H and O–H groups in total. The van der Waals surface area contributed by atoms with Crippen LogP contribution in [0.1, 0.15) is 24.5 Å². The van der Waals surface area contributed by atoms with Gasteiger partial charge in [-0.2, -0.15) is 5.26 Å². The van der Waals surface area contributed by atoms with Gasteiger partial charge in [-0.3, -0.25) is 4.79 Å². The third-order valence-electron chi connectivity index (χ3n) is 5.16. The summed E-state index contributed by atoms with van der Waals surface area (Å²) in [6, 6.07) is 27.5. The smallest absolute Gasteiger partial charge is 0.339 e. The van der Waals surface area contributed by atoms with Gasteiger partial charge in [-0.1, -0.05) is 66.7 Å². The highest BCUT2D eigenvalue weighted by atomic mass is 16.5. The Bertz CT molecular complexity index is 1180. The lowest BCUT2D eigenvalue weighted by atomic mass is 10.0. The van der Waals surface area contributed by atoms with Gasteiger partial charge >= 0.3 is 5.97 Å². The highest BCUT2D eigenvalue weighted by Crippen LogP contribution is 2.26. The Morgan fingerprint density at radius 1 is 0.971 bits per heavy atom. The number of benzene rings is 3. The molecule has 0 aliphatic heterocycles. The number of nitriles is 1. The second kappa shape index (κ2) is 12.0. The SMILES string of the molecule is COc1ccccc1C=C(C(=O)OC(C)C(=O)N(CCC#N)c1ccccc1)c1ccccc1. The summed E-state index contributed by atoms with van der Waals surface area (Å²) in [5.74, 6) is -0.426. The molecule has 3 aromatic rings. The van der Waals surface area contributed by atoms with Gasteiger partial charge in [0.2, 0.25) is 0 Å². The van der Waals surface area contributed by atoms with E-state index in [4.69, 9.17) is 14.7 Å². The largest absolute Gasteiger partial charge is 0.496 e. The first kappa shape index (κ1) is 24.3. The van der Waals surface area contributed by atoms with Crippen LogP contribution in [0.3, 0.4) is 0 Å². The van der Waals surface area contributed by atoms with Gasteiger partial charge in [0.15, 0.2) is 6.10 Å². The van der Waals surface area contributed by atoms with Crippen LogP contribution in [-0.4, -0.2) is 31.6 Å². The molecule has 0 saturated carbocycles. The van der Waals surface area contributed by atoms with Crippen LogP contribution in [0.4, 0.5) is 5.69 Å². The number of methoxy groups -OCH3 is 1. The van der Waals surface area contributed by atoms with Crippen molar-refractivity contribution in [2.45, 2.75) is 19.4 Å². The number of carbonyl (C=O) groups excluding carboxylic acids is 2. The summed E-state index contributed by atoms with van der Waals surface area (Å²) < 4.78 is 11.1. The van der Waals surface area contributed by atoms with Gasteiger partial charge in [-0.05, 0) is 36.8 Å². The number of hydrogen-bond donors (Lipinski definition) is 0. The number of nitrogens with zero attached hydrogens (tertiary/aromatic N) is 2. The van der Waals surface area contributed by atoms with Crippen LogP contribution in [0.15, 0.2) is 84.9 Å². The molecule has 0 saturated heterocycles. The Kier molecular flexibility index (Phi) is 8.59. The summed E-state index contributed by atoms with van der Waals surface area (Å²) in [4.78, 5) is 27.9. The van der Waals surface area contributed by atoms with E-state index in [2.05, 4.69) is 6.07 Å². The summed E-state index contributed by atoms with van der Waals surface area (Å²) in [6.45, 7) is 1.73. The normalized spacial score (nSPS) is 11.7. The molecular formula is C28H26N2O4. The average Bonchev–Trinajstić information content (AvgIpc) is 2.88. The number of rotatable bonds is 9. The van der Waals surface area contributed by atoms with E-state index in [9.17, 15) is 9.59 Å². The van der Waals surface area contributed by atoms with Gasteiger partial charge in [-0.15, -0.1) is 0 Å². The minimum Gasteiger partial charge on any atom is -0.496 e. The van der Waals surface area contributed by atoms with Crippen LogP contribution < -0.4 is 9.64 Å². The minimum absolute atomic E-state index is 0.157. The van der Waals surface area contributed by atoms with Crippen LogP contribution in [0.5, 0.6) is 5.75 Å². The van der Waals surface area contributed by atoms with Gasteiger partial charge in [0, 0.05) is 17.8 Å². The number of para-hydroxylation sites is 2. The Morgan fingerprint density at radius 3 is 2.24 bits per heavy atom. The van der Waals surface area contributed by atoms with E-state index in [0.717, 1.165) is 0 Å². The molecule has 1 atom stereocenters. The summed E-state index contributed by atoms with van der Waals surface area (Å²) in [5, 5.41) is 9.02. The minimum atomic E-state index is -1.06. The summed E-state index contributed by atoms with van der Waals surface area (Å²) in [7, 11) is 1.56. The fourth-order valence-corrected chi connectivity index (χ4v) is 3.45. The number of anilines is 1. The van der Waals surface area contributed by atoms with Gasteiger partial charge < -0.3 is 14.4 Å². The van der Waals surface area contributed by atoms with E-state index >= 15 is 0 Å². The fraction of sp³-hybridized carbons (Fsp3) is 0.179. The third kappa shape index (κ3) is 6.11. The van der Waals surface area contributed by atoms with E-state index in [1.54, 1.807) is 43.5 Å². The van der Waals surface area contributed by atoms with Gasteiger partial charge in [0.25, 0.3) is 5.91 Å². The number of amides is 1. The van der Waals surface area contributed by atoms with E-state index in [1.807, 2.05) is 54.6 Å². The summed E-state index contributed by atoms with van der Waals surface area (Å²) in [6.07, 6.45) is 0.791. The Hall–Kier alpha value is -4.37. The Morgan fingerprint density at radius 2 is 1.59 bits per heavy atom. The molecule has 6 nitrogen and oxygen atoms in total. The van der Waals surface area contributed by atoms with Crippen molar-refractivity contribution in [1.29, 1.82) is 5.26 Å². The molecule has 0 radical (unpaired) electrons. The molecule has 172 valence electrons. The van der Waals surface area contributed by atoms with E-state index in [1.165, 1.54) is 11.8 Å². The highest BCUT2D eigenvalue weighted by molar-refractivity contribution is 6.22. The van der Waals surface area contributed by atoms with Crippen molar-refractivity contribution >= 4 is 29.2 Å². The molecule has 3 rings (SSSR count). The molecule has 0 spiro atoms. The number of carbonyl (C=O) groups is 2. The van der Waals surface area contributed by atoms with E-state index < -0.39 is 18.0 Å². The number of hydrogen-bond acceptors (Lipinski definition) is 5. The van der Waals surface area contributed by atoms with Crippen LogP contribution >= 0.6 is 0 Å². The molecule has 34 heavy (non-hydrogen) atoms. The molecule has 0 bridgehead atoms. The molecule has 1 amide bonds. The zero-order valence-electron chi connectivity index (χ0n) is 19.2. The Labute approximate surface area is 199 Å². The van der Waals surface area contributed by atoms with E-state index in [0.29, 0.717) is 28.1 Å². The van der Waals surface area contributed by atoms with Gasteiger partial charge in [0.1, 0.15) is 5.75 Å². The monoisotopic (exact) mass is 454 g/mol. The zero-order valence-corrected chi connectivity index (χ0v) is 19.2. The fourth-order valence-electron chi connectivity index (χ4n) is 3.45. The summed E-state index contributed by atoms with van der Waals surface area (Å²) in [5.41, 5.74) is 2.30. The maximum atomic E-state index is 13.3. The number of esters is 1. The maximum Gasteiger partial charge on any atom is 0.339 e. The lowest BCUT2D eigenvalue weighted by Crippen LogP contribution is -2.40. The first-order valence-corrected chi connectivity index (χ1v) is 10.9. The van der Waals surface area contributed by atoms with Gasteiger partial charge in [0.05, 0.1) is 25.2 Å². The van der Waals surface area contributed by atoms with Gasteiger partial charge in [-0.25, -0.2) is 4.79 Å². The third-order valence-corrected chi connectivity index (χ3v) is 5.16. The van der Waals surface area contributed by atoms with Crippen molar-refractivity contribution in [3.8, 4) is 11.8 Å². The van der Waals surface area contributed by atoms with Crippen molar-refractivity contribution in [3.05, 3.63) is 96.1 Å². The van der Waals surface area contributed by atoms with Crippen molar-refractivity contribution < 1.29 is 19.1 Å². The quantitative estimate of drug-likeness (QED) is 0.255. The van der Waals surface area contributed by atoms with Crippen LogP contribution in [0.2, 0.25) is 0 Å². The van der Waals surface area contributed by atoms with Crippen molar-refractivity contribution in [1.82, 2.24) is 0 Å². The second-order valence-electron chi connectivity index (χ2n) is 7.45. The Balaban J connectivity index is 1.89. The standard InChI is InChI=1S/C28H26N2O4/c1-21(27(31)30(19-11-18-29)24-15-7-4-8-16-24)34-28(32)25(22-12-5-3-6-13-22)20-23-14-9-10-17-26(23)33-2/h3-10,12-17,20-21H,11,19H2,1-2H3. The predicted molar refractivity (Wildman–Crippen MR) is 132 cm³/mol. The first-order valence-electron chi connectivity index (χ1n) is 10.9. The molecule has 1 unspecified atom stereocenters. The van der Waals surface area contributed by atoms with Crippen molar-refractivity contribution in [2.75, 3.05) is 18.6 Å². The maximum absolute atomic E-state index is 13.3. The molecule has 0 fully saturated rings. The lowest BCUT2D eigenvalue weighted by Gasteiger charge is -2.25. The van der Waals surface area contributed by atoms with Crippen LogP contribution in [0.25, 0.3) is 11.6 Å². The number of ether oxygens (including phenoxy) is 2. The van der Waals surface area contributed by atoms with Crippen LogP contribution in [0, 0.1) is 11.3 Å². The average molecular weight is 455 g/mol. The predicted octanol–water partition coefficient (Wildman–Crippen LogP) is 5.11. The summed E-state index contributed by atoms with van der Waals surface area (Å²) >= 11 is 0. The first-order chi connectivity index (χ1) is 16.5. The molecule has 0 heterocycles. The molecule has 0 aromatic heterocycles. The molecule has 0 aliphatic rings. The molecule has 3 aromatic carbocycles. The zero-order chi connectivity index (χ0) is 24.3. The molecule has 6 heteroatoms. The van der Waals surface area contributed by atoms with Crippen LogP contribution in [-0.2, 0) is 14.3 Å². The van der Waals surface area contributed by atoms with E-state index in [-0.39, 0.29) is 13.0 Å². The lowest BCUT2D eigenvalue weighted by molar-refractivity contribution is -0.148. The van der Waals surface area contributed by atoms with Crippen molar-refractivity contribution in [2.24, 2.45) is 0 Å². The second-order valence-corrected chi connectivity index (χ2v) is 7.45. The molecule has 0 aliphatic carbocycles. The highest BCUT2D eigenvalue weighted by Gasteiger charge is 2.26. The molecular weight excluding hydrogens is 428 g/mol. The van der Waals surface area contributed by atoms with Crippen molar-refractivity contribution in [3.63, 3.8) is 0 Å². The topological polar surface area (TPSA) is 79.6 Å².